The molecule has 0 aromatic heterocycles. The van der Waals surface area contributed by atoms with Crippen LogP contribution in [0.25, 0.3) is 0 Å². The molecule has 0 N–H and O–H groups in total. The fourth-order valence-electron chi connectivity index (χ4n) is 2.77. The zero-order valence-corrected chi connectivity index (χ0v) is 14.1. The number of hydrogen-bond acceptors (Lipinski definition) is 2. The van der Waals surface area contributed by atoms with E-state index in [1.54, 1.807) is 0 Å². The number of unbranched alkanes of at least 4 members (excludes halogenated alkanes) is 10. The van der Waals surface area contributed by atoms with E-state index < -0.39 is 0 Å². The third-order valence-electron chi connectivity index (χ3n) is 4.19. The maximum Gasteiger partial charge on any atom is 0.228 e. The molecule has 3 nitrogen and oxygen atoms in total. The molecular weight excluding hydrogens is 260 g/mol. The molecule has 0 aliphatic carbocycles. The minimum absolute atomic E-state index is 0.270. The molecule has 122 valence electrons. The van der Waals surface area contributed by atoms with Crippen LogP contribution in [-0.2, 0) is 4.79 Å². The van der Waals surface area contributed by atoms with E-state index in [2.05, 4.69) is 6.92 Å². The Balaban J connectivity index is 1.82. The molecule has 0 bridgehead atoms. The molecule has 1 aliphatic rings. The zero-order chi connectivity index (χ0) is 15.3. The van der Waals surface area contributed by atoms with Crippen LogP contribution in [0.2, 0.25) is 0 Å². The number of hydrogen-bond donors (Lipinski definition) is 0. The Hall–Kier alpha value is -0.990. The van der Waals surface area contributed by atoms with Crippen molar-refractivity contribution >= 4 is 5.91 Å². The second-order valence-corrected chi connectivity index (χ2v) is 6.35. The second-order valence-electron chi connectivity index (χ2n) is 6.35. The Morgan fingerprint density at radius 1 is 0.857 bits per heavy atom. The van der Waals surface area contributed by atoms with Crippen molar-refractivity contribution in [3.63, 3.8) is 0 Å². The first kappa shape index (κ1) is 18.1. The summed E-state index contributed by atoms with van der Waals surface area (Å²) in [6.07, 6.45) is 19.2. The minimum Gasteiger partial charge on any atom is -0.361 e. The Morgan fingerprint density at radius 2 is 1.38 bits per heavy atom. The summed E-state index contributed by atoms with van der Waals surface area (Å²) in [5, 5.41) is 0. The van der Waals surface area contributed by atoms with E-state index in [4.69, 9.17) is 0 Å². The number of carbonyl (C=O) groups is 1. The van der Waals surface area contributed by atoms with Gasteiger partial charge in [-0.2, -0.15) is 0 Å². The zero-order valence-electron chi connectivity index (χ0n) is 14.1. The minimum atomic E-state index is 0.270. The Morgan fingerprint density at radius 3 is 1.86 bits per heavy atom. The molecule has 1 rings (SSSR count). The molecule has 0 saturated carbocycles. The van der Waals surface area contributed by atoms with Gasteiger partial charge in [-0.3, -0.25) is 9.69 Å². The maximum absolute atomic E-state index is 11.9. The lowest BCUT2D eigenvalue weighted by atomic mass is 10.1. The highest BCUT2D eigenvalue weighted by Gasteiger charge is 2.15. The van der Waals surface area contributed by atoms with Gasteiger partial charge in [0.2, 0.25) is 5.91 Å². The normalized spacial score (nSPS) is 14.2. The van der Waals surface area contributed by atoms with E-state index in [9.17, 15) is 4.79 Å². The molecule has 0 aromatic rings. The predicted octanol–water partition coefficient (Wildman–Crippen LogP) is 4.89. The Bertz CT molecular complexity index is 302. The molecule has 1 amide bonds. The van der Waals surface area contributed by atoms with Crippen molar-refractivity contribution in [2.45, 2.75) is 84.0 Å². The molecule has 0 atom stereocenters. The first-order chi connectivity index (χ1) is 10.2. The summed E-state index contributed by atoms with van der Waals surface area (Å²) in [6, 6.07) is 0. The van der Waals surface area contributed by atoms with Crippen LogP contribution in [0, 0.1) is 0 Å². The van der Waals surface area contributed by atoms with Crippen molar-refractivity contribution in [2.24, 2.45) is 0 Å². The summed E-state index contributed by atoms with van der Waals surface area (Å²) >= 11 is 0. The number of nitrogens with zero attached hydrogens (tertiary/aromatic N) is 2. The summed E-state index contributed by atoms with van der Waals surface area (Å²) in [5.74, 6) is 0.270. The molecule has 0 saturated heterocycles. The maximum atomic E-state index is 11.9. The molecule has 3 heteroatoms. The molecule has 0 radical (unpaired) electrons. The van der Waals surface area contributed by atoms with Crippen molar-refractivity contribution in [3.8, 4) is 0 Å². The van der Waals surface area contributed by atoms with Crippen molar-refractivity contribution in [1.29, 1.82) is 0 Å². The highest BCUT2D eigenvalue weighted by Crippen LogP contribution is 2.13. The summed E-state index contributed by atoms with van der Waals surface area (Å²) in [5.41, 5.74) is 0. The van der Waals surface area contributed by atoms with E-state index in [1.165, 1.54) is 64.2 Å². The highest BCUT2D eigenvalue weighted by molar-refractivity contribution is 5.77. The first-order valence-electron chi connectivity index (χ1n) is 8.92. The van der Waals surface area contributed by atoms with Crippen LogP contribution in [0.4, 0.5) is 0 Å². The quantitative estimate of drug-likeness (QED) is 0.478. The highest BCUT2D eigenvalue weighted by atomic mass is 16.2. The fraction of sp³-hybridized carbons (Fsp3) is 0.833. The molecule has 1 heterocycles. The molecule has 0 unspecified atom stereocenters. The topological polar surface area (TPSA) is 23.6 Å². The van der Waals surface area contributed by atoms with E-state index in [1.807, 2.05) is 29.2 Å². The van der Waals surface area contributed by atoms with Crippen LogP contribution >= 0.6 is 0 Å². The SMILES string of the molecule is CCCCCCCCCCCCCC(=O)N1C=CN(C)C1. The van der Waals surface area contributed by atoms with Gasteiger partial charge in [0.15, 0.2) is 0 Å². The summed E-state index contributed by atoms with van der Waals surface area (Å²) < 4.78 is 0. The van der Waals surface area contributed by atoms with Crippen LogP contribution in [0.3, 0.4) is 0 Å². The second kappa shape index (κ2) is 11.6. The summed E-state index contributed by atoms with van der Waals surface area (Å²) in [4.78, 5) is 15.7. The lowest BCUT2D eigenvalue weighted by Crippen LogP contribution is -2.28. The van der Waals surface area contributed by atoms with Crippen molar-refractivity contribution in [3.05, 3.63) is 12.4 Å². The summed E-state index contributed by atoms with van der Waals surface area (Å²) in [6.45, 7) is 2.99. The predicted molar refractivity (Wildman–Crippen MR) is 89.7 cm³/mol. The van der Waals surface area contributed by atoms with Gasteiger partial charge in [-0.05, 0) is 6.42 Å². The van der Waals surface area contributed by atoms with Gasteiger partial charge in [-0.1, -0.05) is 71.1 Å². The van der Waals surface area contributed by atoms with Crippen LogP contribution < -0.4 is 0 Å². The van der Waals surface area contributed by atoms with Crippen LogP contribution in [0.15, 0.2) is 12.4 Å². The van der Waals surface area contributed by atoms with Crippen LogP contribution in [0.5, 0.6) is 0 Å². The van der Waals surface area contributed by atoms with E-state index in [0.29, 0.717) is 6.42 Å². The Labute approximate surface area is 131 Å². The molecule has 1 aliphatic heterocycles. The largest absolute Gasteiger partial charge is 0.361 e. The fourth-order valence-corrected chi connectivity index (χ4v) is 2.77. The van der Waals surface area contributed by atoms with Gasteiger partial charge in [-0.25, -0.2) is 0 Å². The number of carbonyl (C=O) groups excluding carboxylic acids is 1. The monoisotopic (exact) mass is 294 g/mol. The van der Waals surface area contributed by atoms with Gasteiger partial charge in [0, 0.05) is 25.9 Å². The molecule has 0 aromatic carbocycles. The standard InChI is InChI=1S/C18H34N2O/c1-3-4-5-6-7-8-9-10-11-12-13-14-18(21)20-16-15-19(2)17-20/h15-16H,3-14,17H2,1-2H3. The first-order valence-corrected chi connectivity index (χ1v) is 8.92. The summed E-state index contributed by atoms with van der Waals surface area (Å²) in [7, 11) is 1.99. The number of amides is 1. The van der Waals surface area contributed by atoms with Gasteiger partial charge in [-0.15, -0.1) is 0 Å². The molecule has 0 fully saturated rings. The van der Waals surface area contributed by atoms with Crippen molar-refractivity contribution in [2.75, 3.05) is 13.7 Å². The lowest BCUT2D eigenvalue weighted by molar-refractivity contribution is -0.129. The van der Waals surface area contributed by atoms with E-state index in [0.717, 1.165) is 13.1 Å². The Kier molecular flexibility index (Phi) is 10.0. The van der Waals surface area contributed by atoms with Crippen molar-refractivity contribution < 1.29 is 4.79 Å². The van der Waals surface area contributed by atoms with Gasteiger partial charge in [0.25, 0.3) is 0 Å². The van der Waals surface area contributed by atoms with Gasteiger partial charge in [0.1, 0.15) is 0 Å². The average Bonchev–Trinajstić information content (AvgIpc) is 2.91. The third-order valence-corrected chi connectivity index (χ3v) is 4.19. The van der Waals surface area contributed by atoms with E-state index >= 15 is 0 Å². The van der Waals surface area contributed by atoms with E-state index in [-0.39, 0.29) is 5.91 Å². The van der Waals surface area contributed by atoms with Gasteiger partial charge in [0.05, 0.1) is 6.67 Å². The van der Waals surface area contributed by atoms with Crippen LogP contribution in [-0.4, -0.2) is 29.4 Å². The van der Waals surface area contributed by atoms with Crippen molar-refractivity contribution in [1.82, 2.24) is 9.80 Å². The smallest absolute Gasteiger partial charge is 0.228 e. The van der Waals surface area contributed by atoms with Gasteiger partial charge >= 0.3 is 0 Å². The van der Waals surface area contributed by atoms with Gasteiger partial charge < -0.3 is 4.90 Å². The molecular formula is C18H34N2O. The molecule has 21 heavy (non-hydrogen) atoms. The lowest BCUT2D eigenvalue weighted by Gasteiger charge is -2.16. The third kappa shape index (κ3) is 8.79. The molecule has 0 spiro atoms. The van der Waals surface area contributed by atoms with Crippen LogP contribution in [0.1, 0.15) is 84.0 Å². The average molecular weight is 294 g/mol. The number of rotatable bonds is 12.